The lowest BCUT2D eigenvalue weighted by molar-refractivity contribution is 0.0739. The summed E-state index contributed by atoms with van der Waals surface area (Å²) in [5, 5.41) is 0.659. The fourth-order valence-corrected chi connectivity index (χ4v) is 3.00. The predicted molar refractivity (Wildman–Crippen MR) is 91.3 cm³/mol. The molecule has 25 heavy (non-hydrogen) atoms. The third kappa shape index (κ3) is 4.04. The molecule has 0 spiro atoms. The molecule has 3 rings (SSSR count). The number of anilines is 1. The molecule has 0 bridgehead atoms. The summed E-state index contributed by atoms with van der Waals surface area (Å²) in [7, 11) is 0. The summed E-state index contributed by atoms with van der Waals surface area (Å²) >= 11 is 6.01. The molecule has 0 aliphatic carbocycles. The van der Waals surface area contributed by atoms with Gasteiger partial charge in [0.1, 0.15) is 17.2 Å². The van der Waals surface area contributed by atoms with Gasteiger partial charge in [-0.3, -0.25) is 4.79 Å². The van der Waals surface area contributed by atoms with E-state index in [0.717, 1.165) is 11.8 Å². The highest BCUT2D eigenvalue weighted by Crippen LogP contribution is 2.22. The van der Waals surface area contributed by atoms with Gasteiger partial charge in [-0.2, -0.15) is 0 Å². The minimum atomic E-state index is -2.73. The van der Waals surface area contributed by atoms with E-state index in [9.17, 15) is 13.6 Å². The van der Waals surface area contributed by atoms with Crippen LogP contribution >= 0.6 is 11.6 Å². The molecule has 132 valence electrons. The highest BCUT2D eigenvalue weighted by Gasteiger charge is 2.25. The van der Waals surface area contributed by atoms with Crippen molar-refractivity contribution in [1.29, 1.82) is 0 Å². The summed E-state index contributed by atoms with van der Waals surface area (Å²) in [5.74, 6) is -0.183. The predicted octanol–water partition coefficient (Wildman–Crippen LogP) is 3.34. The zero-order chi connectivity index (χ0) is 18.0. The van der Waals surface area contributed by atoms with Crippen molar-refractivity contribution in [2.24, 2.45) is 0 Å². The van der Waals surface area contributed by atoms with Crippen molar-refractivity contribution in [1.82, 2.24) is 14.9 Å². The van der Waals surface area contributed by atoms with Crippen LogP contribution in [0.3, 0.4) is 0 Å². The van der Waals surface area contributed by atoms with Gasteiger partial charge in [0.05, 0.1) is 0 Å². The van der Waals surface area contributed by atoms with Gasteiger partial charge in [0.25, 0.3) is 12.3 Å². The summed E-state index contributed by atoms with van der Waals surface area (Å²) in [6, 6.07) is 8.60. The van der Waals surface area contributed by atoms with E-state index < -0.39 is 12.1 Å². The standard InChI is InChI=1S/C17H17ClF2N4O/c1-11-21-14(16(19)20)10-15(22-11)17(25)24-7-5-23(6-8-24)13-4-2-3-12(18)9-13/h2-4,9-10,16H,5-8H2,1H3. The molecule has 0 unspecified atom stereocenters. The Hall–Kier alpha value is -2.28. The third-order valence-electron chi connectivity index (χ3n) is 4.04. The molecule has 1 amide bonds. The molecule has 2 heterocycles. The quantitative estimate of drug-likeness (QED) is 0.836. The fourth-order valence-electron chi connectivity index (χ4n) is 2.81. The number of aryl methyl sites for hydroxylation is 1. The largest absolute Gasteiger partial charge is 0.368 e. The molecule has 1 aliphatic rings. The van der Waals surface area contributed by atoms with Crippen molar-refractivity contribution < 1.29 is 13.6 Å². The number of hydrogen-bond donors (Lipinski definition) is 0. The maximum Gasteiger partial charge on any atom is 0.280 e. The second kappa shape index (κ2) is 7.31. The molecule has 0 saturated carbocycles. The molecule has 1 fully saturated rings. The Morgan fingerprint density at radius 3 is 2.52 bits per heavy atom. The maximum absolute atomic E-state index is 12.9. The van der Waals surface area contributed by atoms with Crippen LogP contribution in [0.15, 0.2) is 30.3 Å². The Balaban J connectivity index is 1.69. The van der Waals surface area contributed by atoms with Gasteiger partial charge >= 0.3 is 0 Å². The number of piperazine rings is 1. The third-order valence-corrected chi connectivity index (χ3v) is 4.28. The molecular formula is C17H17ClF2N4O. The lowest BCUT2D eigenvalue weighted by atomic mass is 10.2. The topological polar surface area (TPSA) is 49.3 Å². The van der Waals surface area contributed by atoms with E-state index in [2.05, 4.69) is 14.9 Å². The molecule has 1 aliphatic heterocycles. The first-order valence-corrected chi connectivity index (χ1v) is 8.25. The van der Waals surface area contributed by atoms with Gasteiger partial charge in [-0.05, 0) is 31.2 Å². The van der Waals surface area contributed by atoms with Gasteiger partial charge < -0.3 is 9.80 Å². The first-order valence-electron chi connectivity index (χ1n) is 7.87. The van der Waals surface area contributed by atoms with Gasteiger partial charge in [0.15, 0.2) is 0 Å². The monoisotopic (exact) mass is 366 g/mol. The van der Waals surface area contributed by atoms with Crippen LogP contribution in [0.25, 0.3) is 0 Å². The molecule has 1 aromatic carbocycles. The van der Waals surface area contributed by atoms with Gasteiger partial charge in [0.2, 0.25) is 0 Å². The lowest BCUT2D eigenvalue weighted by Crippen LogP contribution is -2.49. The average molecular weight is 367 g/mol. The number of aromatic nitrogens is 2. The Morgan fingerprint density at radius 1 is 1.16 bits per heavy atom. The maximum atomic E-state index is 12.9. The van der Waals surface area contributed by atoms with Crippen molar-refractivity contribution in [2.75, 3.05) is 31.1 Å². The highest BCUT2D eigenvalue weighted by atomic mass is 35.5. The minimum absolute atomic E-state index is 0.0130. The van der Waals surface area contributed by atoms with Crippen LogP contribution in [0.5, 0.6) is 0 Å². The first kappa shape index (κ1) is 17.5. The molecule has 0 atom stereocenters. The van der Waals surface area contributed by atoms with E-state index in [4.69, 9.17) is 11.6 Å². The molecule has 5 nitrogen and oxygen atoms in total. The van der Waals surface area contributed by atoms with Crippen molar-refractivity contribution in [3.8, 4) is 0 Å². The first-order chi connectivity index (χ1) is 11.9. The van der Waals surface area contributed by atoms with Gasteiger partial charge in [-0.25, -0.2) is 18.7 Å². The lowest BCUT2D eigenvalue weighted by Gasteiger charge is -2.36. The summed E-state index contributed by atoms with van der Waals surface area (Å²) < 4.78 is 25.7. The second-order valence-corrected chi connectivity index (χ2v) is 6.22. The molecule has 1 saturated heterocycles. The number of rotatable bonds is 3. The average Bonchev–Trinajstić information content (AvgIpc) is 2.60. The number of benzene rings is 1. The van der Waals surface area contributed by atoms with Crippen LogP contribution < -0.4 is 4.90 Å². The second-order valence-electron chi connectivity index (χ2n) is 5.79. The number of hydrogen-bond acceptors (Lipinski definition) is 4. The van der Waals surface area contributed by atoms with Crippen LogP contribution in [0.4, 0.5) is 14.5 Å². The smallest absolute Gasteiger partial charge is 0.280 e. The van der Waals surface area contributed by atoms with Gasteiger partial charge in [0, 0.05) is 36.9 Å². The molecule has 2 aromatic rings. The molecular weight excluding hydrogens is 350 g/mol. The van der Waals surface area contributed by atoms with Crippen molar-refractivity contribution in [2.45, 2.75) is 13.3 Å². The Labute approximate surface area is 149 Å². The number of carbonyl (C=O) groups excluding carboxylic acids is 1. The number of amides is 1. The van der Waals surface area contributed by atoms with Crippen LogP contribution in [0, 0.1) is 6.92 Å². The van der Waals surface area contributed by atoms with Gasteiger partial charge in [-0.1, -0.05) is 17.7 Å². The molecule has 0 radical (unpaired) electrons. The number of nitrogens with zero attached hydrogens (tertiary/aromatic N) is 4. The zero-order valence-corrected chi connectivity index (χ0v) is 14.4. The van der Waals surface area contributed by atoms with Crippen LogP contribution in [0.2, 0.25) is 5.02 Å². The van der Waals surface area contributed by atoms with Gasteiger partial charge in [-0.15, -0.1) is 0 Å². The summed E-state index contributed by atoms with van der Waals surface area (Å²) in [6.45, 7) is 3.74. The van der Waals surface area contributed by atoms with E-state index in [-0.39, 0.29) is 17.4 Å². The Bertz CT molecular complexity index is 779. The van der Waals surface area contributed by atoms with E-state index in [1.165, 1.54) is 6.92 Å². The zero-order valence-electron chi connectivity index (χ0n) is 13.6. The minimum Gasteiger partial charge on any atom is -0.368 e. The Morgan fingerprint density at radius 2 is 1.88 bits per heavy atom. The molecule has 8 heteroatoms. The Kier molecular flexibility index (Phi) is 5.13. The molecule has 1 aromatic heterocycles. The number of alkyl halides is 2. The van der Waals surface area contributed by atoms with Crippen molar-refractivity contribution in [3.63, 3.8) is 0 Å². The number of halogens is 3. The van der Waals surface area contributed by atoms with Crippen LogP contribution in [-0.2, 0) is 0 Å². The summed E-state index contributed by atoms with van der Waals surface area (Å²) in [4.78, 5) is 24.0. The van der Waals surface area contributed by atoms with Crippen molar-refractivity contribution >= 4 is 23.2 Å². The van der Waals surface area contributed by atoms with E-state index >= 15 is 0 Å². The summed E-state index contributed by atoms with van der Waals surface area (Å²) in [5.41, 5.74) is 0.588. The normalized spacial score (nSPS) is 14.9. The van der Waals surface area contributed by atoms with Crippen LogP contribution in [-0.4, -0.2) is 47.0 Å². The summed E-state index contributed by atoms with van der Waals surface area (Å²) in [6.07, 6.45) is -2.73. The van der Waals surface area contributed by atoms with Crippen LogP contribution in [0.1, 0.15) is 28.4 Å². The number of carbonyl (C=O) groups is 1. The molecule has 0 N–H and O–H groups in total. The van der Waals surface area contributed by atoms with E-state index in [0.29, 0.717) is 31.2 Å². The van der Waals surface area contributed by atoms with E-state index in [1.807, 2.05) is 24.3 Å². The van der Waals surface area contributed by atoms with Crippen molar-refractivity contribution in [3.05, 3.63) is 52.6 Å². The SMILES string of the molecule is Cc1nc(C(=O)N2CCN(c3cccc(Cl)c3)CC2)cc(C(F)F)n1. The highest BCUT2D eigenvalue weighted by molar-refractivity contribution is 6.30. The fraction of sp³-hybridized carbons (Fsp3) is 0.353. The van der Waals surface area contributed by atoms with E-state index in [1.54, 1.807) is 4.90 Å².